The maximum atomic E-state index is 12.8. The fraction of sp³-hybridized carbons (Fsp3) is 0.600. The van der Waals surface area contributed by atoms with Crippen LogP contribution < -0.4 is 0 Å². The highest BCUT2D eigenvalue weighted by Crippen LogP contribution is 2.37. The number of amides is 2. The number of hydrogen-bond acceptors (Lipinski definition) is 4. The molecule has 1 unspecified atom stereocenters. The third-order valence-corrected chi connectivity index (χ3v) is 4.53. The number of likely N-dealkylation sites (N-methyl/N-ethyl adjacent to an activating group) is 1. The molecule has 2 aliphatic rings. The fourth-order valence-corrected chi connectivity index (χ4v) is 3.40. The molecule has 6 heteroatoms. The summed E-state index contributed by atoms with van der Waals surface area (Å²) in [6, 6.07) is 0. The average Bonchev–Trinajstić information content (AvgIpc) is 2.74. The molecule has 6 nitrogen and oxygen atoms in total. The van der Waals surface area contributed by atoms with Crippen LogP contribution in [-0.2, 0) is 4.79 Å². The van der Waals surface area contributed by atoms with Gasteiger partial charge in [0, 0.05) is 26.3 Å². The quantitative estimate of drug-likeness (QED) is 0.773. The summed E-state index contributed by atoms with van der Waals surface area (Å²) in [4.78, 5) is 36.7. The highest BCUT2D eigenvalue weighted by Gasteiger charge is 2.49. The van der Waals surface area contributed by atoms with Gasteiger partial charge in [-0.15, -0.1) is 0 Å². The highest BCUT2D eigenvalue weighted by molar-refractivity contribution is 5.93. The Balaban J connectivity index is 1.89. The van der Waals surface area contributed by atoms with E-state index in [9.17, 15) is 9.59 Å². The van der Waals surface area contributed by atoms with Crippen LogP contribution in [0.25, 0.3) is 0 Å². The average molecular weight is 288 g/mol. The van der Waals surface area contributed by atoms with Gasteiger partial charge in [0.25, 0.3) is 5.91 Å². The van der Waals surface area contributed by atoms with Gasteiger partial charge in [0.1, 0.15) is 5.69 Å². The second kappa shape index (κ2) is 5.09. The minimum absolute atomic E-state index is 0.106. The molecule has 0 N–H and O–H groups in total. The SMILES string of the molecule is Cc1cnc(C(=O)N2CCCCC23CC(=O)N(C)C3)cn1. The fourth-order valence-electron chi connectivity index (χ4n) is 3.40. The zero-order valence-electron chi connectivity index (χ0n) is 12.5. The Bertz CT molecular complexity index is 572. The van der Waals surface area contributed by atoms with Crippen LogP contribution in [0.15, 0.2) is 12.4 Å². The number of rotatable bonds is 1. The minimum atomic E-state index is -0.353. The number of carbonyl (C=O) groups is 2. The van der Waals surface area contributed by atoms with Crippen molar-refractivity contribution in [2.75, 3.05) is 20.1 Å². The van der Waals surface area contributed by atoms with Crippen LogP contribution in [0.5, 0.6) is 0 Å². The van der Waals surface area contributed by atoms with Gasteiger partial charge in [-0.3, -0.25) is 14.6 Å². The third-order valence-electron chi connectivity index (χ3n) is 4.53. The van der Waals surface area contributed by atoms with E-state index in [1.54, 1.807) is 18.1 Å². The second-order valence-corrected chi connectivity index (χ2v) is 6.11. The van der Waals surface area contributed by atoms with E-state index in [4.69, 9.17) is 0 Å². The molecule has 2 fully saturated rings. The molecule has 0 saturated carbocycles. The van der Waals surface area contributed by atoms with Crippen molar-refractivity contribution in [3.05, 3.63) is 23.8 Å². The number of likely N-dealkylation sites (tertiary alicyclic amines) is 2. The summed E-state index contributed by atoms with van der Waals surface area (Å²) in [5.74, 6) is 0.00925. The monoisotopic (exact) mass is 288 g/mol. The molecule has 21 heavy (non-hydrogen) atoms. The molecule has 1 spiro atoms. The van der Waals surface area contributed by atoms with Crippen LogP contribution in [0.4, 0.5) is 0 Å². The summed E-state index contributed by atoms with van der Waals surface area (Å²) in [7, 11) is 1.81. The smallest absolute Gasteiger partial charge is 0.274 e. The Labute approximate surface area is 124 Å². The highest BCUT2D eigenvalue weighted by atomic mass is 16.2. The second-order valence-electron chi connectivity index (χ2n) is 6.11. The molecule has 2 amide bonds. The van der Waals surface area contributed by atoms with Crippen molar-refractivity contribution in [3.8, 4) is 0 Å². The minimum Gasteiger partial charge on any atom is -0.343 e. The van der Waals surface area contributed by atoms with Gasteiger partial charge in [-0.1, -0.05) is 0 Å². The van der Waals surface area contributed by atoms with Crippen molar-refractivity contribution in [2.24, 2.45) is 0 Å². The maximum absolute atomic E-state index is 12.8. The number of piperidine rings is 1. The molecule has 2 saturated heterocycles. The van der Waals surface area contributed by atoms with Gasteiger partial charge in [-0.2, -0.15) is 0 Å². The van der Waals surface area contributed by atoms with E-state index in [2.05, 4.69) is 9.97 Å². The predicted molar refractivity (Wildman–Crippen MR) is 76.6 cm³/mol. The lowest BCUT2D eigenvalue weighted by atomic mass is 9.85. The lowest BCUT2D eigenvalue weighted by Gasteiger charge is -2.44. The first-order chi connectivity index (χ1) is 10.0. The van der Waals surface area contributed by atoms with Gasteiger partial charge in [0.15, 0.2) is 0 Å². The molecule has 3 heterocycles. The van der Waals surface area contributed by atoms with E-state index < -0.39 is 0 Å². The Kier molecular flexibility index (Phi) is 3.39. The Morgan fingerprint density at radius 3 is 2.71 bits per heavy atom. The Hall–Kier alpha value is -1.98. The van der Waals surface area contributed by atoms with Crippen molar-refractivity contribution in [1.82, 2.24) is 19.8 Å². The van der Waals surface area contributed by atoms with E-state index in [0.29, 0.717) is 25.2 Å². The van der Waals surface area contributed by atoms with Crippen molar-refractivity contribution in [3.63, 3.8) is 0 Å². The van der Waals surface area contributed by atoms with Crippen LogP contribution in [0, 0.1) is 6.92 Å². The summed E-state index contributed by atoms with van der Waals surface area (Å²) in [5, 5.41) is 0. The summed E-state index contributed by atoms with van der Waals surface area (Å²) in [6.45, 7) is 3.15. The normalized spacial score (nSPS) is 25.7. The van der Waals surface area contributed by atoms with Crippen LogP contribution in [0.2, 0.25) is 0 Å². The van der Waals surface area contributed by atoms with Gasteiger partial charge in [-0.05, 0) is 26.2 Å². The number of aryl methyl sites for hydroxylation is 1. The molecule has 1 aromatic heterocycles. The molecular formula is C15H20N4O2. The maximum Gasteiger partial charge on any atom is 0.274 e. The molecule has 112 valence electrons. The van der Waals surface area contributed by atoms with Gasteiger partial charge in [0.05, 0.1) is 23.9 Å². The predicted octanol–water partition coefficient (Wildman–Crippen LogP) is 1.01. The van der Waals surface area contributed by atoms with Crippen LogP contribution >= 0.6 is 0 Å². The zero-order chi connectivity index (χ0) is 15.0. The van der Waals surface area contributed by atoms with E-state index in [1.807, 2.05) is 11.8 Å². The molecule has 0 aromatic carbocycles. The van der Waals surface area contributed by atoms with E-state index >= 15 is 0 Å². The molecule has 1 atom stereocenters. The van der Waals surface area contributed by atoms with Crippen LogP contribution in [0.1, 0.15) is 41.9 Å². The number of aromatic nitrogens is 2. The lowest BCUT2D eigenvalue weighted by Crippen LogP contribution is -2.56. The summed E-state index contributed by atoms with van der Waals surface area (Å²) in [5.41, 5.74) is 0.799. The third kappa shape index (κ3) is 2.39. The summed E-state index contributed by atoms with van der Waals surface area (Å²) < 4.78 is 0. The zero-order valence-corrected chi connectivity index (χ0v) is 12.5. The van der Waals surface area contributed by atoms with Crippen molar-refractivity contribution < 1.29 is 9.59 Å². The first-order valence-electron chi connectivity index (χ1n) is 7.36. The van der Waals surface area contributed by atoms with Gasteiger partial charge in [-0.25, -0.2) is 4.98 Å². The molecule has 0 aliphatic carbocycles. The molecule has 2 aliphatic heterocycles. The first kappa shape index (κ1) is 14.0. The van der Waals surface area contributed by atoms with Crippen molar-refractivity contribution in [2.45, 2.75) is 38.1 Å². The van der Waals surface area contributed by atoms with Crippen molar-refractivity contribution in [1.29, 1.82) is 0 Å². The standard InChI is InChI=1S/C15H20N4O2/c1-11-8-17-12(9-16-11)14(21)19-6-4-3-5-15(19)7-13(20)18(2)10-15/h8-9H,3-7,10H2,1-2H3. The Morgan fingerprint density at radius 1 is 1.29 bits per heavy atom. The number of nitrogens with zero attached hydrogens (tertiary/aromatic N) is 4. The van der Waals surface area contributed by atoms with Gasteiger partial charge in [0.2, 0.25) is 5.91 Å². The summed E-state index contributed by atoms with van der Waals surface area (Å²) >= 11 is 0. The number of hydrogen-bond donors (Lipinski definition) is 0. The van der Waals surface area contributed by atoms with Gasteiger partial charge < -0.3 is 9.80 Å². The number of carbonyl (C=O) groups excluding carboxylic acids is 2. The molecule has 0 bridgehead atoms. The summed E-state index contributed by atoms with van der Waals surface area (Å²) in [6.07, 6.45) is 6.48. The van der Waals surface area contributed by atoms with Crippen LogP contribution in [0.3, 0.4) is 0 Å². The first-order valence-corrected chi connectivity index (χ1v) is 7.36. The van der Waals surface area contributed by atoms with E-state index in [0.717, 1.165) is 25.0 Å². The van der Waals surface area contributed by atoms with Crippen LogP contribution in [-0.4, -0.2) is 57.3 Å². The molecule has 3 rings (SSSR count). The Morgan fingerprint density at radius 2 is 2.10 bits per heavy atom. The molecule has 1 aromatic rings. The van der Waals surface area contributed by atoms with E-state index in [-0.39, 0.29) is 17.4 Å². The van der Waals surface area contributed by atoms with Crippen molar-refractivity contribution >= 4 is 11.8 Å². The molecule has 0 radical (unpaired) electrons. The lowest BCUT2D eigenvalue weighted by molar-refractivity contribution is -0.126. The topological polar surface area (TPSA) is 66.4 Å². The van der Waals surface area contributed by atoms with Gasteiger partial charge >= 0.3 is 0 Å². The largest absolute Gasteiger partial charge is 0.343 e. The van der Waals surface area contributed by atoms with E-state index in [1.165, 1.54) is 6.20 Å². The molecular weight excluding hydrogens is 268 g/mol.